The van der Waals surface area contributed by atoms with Gasteiger partial charge in [0.1, 0.15) is 21.2 Å². The van der Waals surface area contributed by atoms with Gasteiger partial charge in [-0.3, -0.25) is 9.59 Å². The molecule has 2 aliphatic rings. The number of nitrogens with one attached hydrogen (secondary N) is 2. The van der Waals surface area contributed by atoms with Gasteiger partial charge in [-0.05, 0) is 138 Å². The van der Waals surface area contributed by atoms with Gasteiger partial charge in [-0.2, -0.15) is 0 Å². The molecule has 2 N–H and O–H groups in total. The van der Waals surface area contributed by atoms with Crippen LogP contribution in [0.3, 0.4) is 0 Å². The van der Waals surface area contributed by atoms with Crippen molar-refractivity contribution in [2.24, 2.45) is 0 Å². The third-order valence-corrected chi connectivity index (χ3v) is 14.1. The molecule has 4 aromatic rings. The fourth-order valence-electron chi connectivity index (χ4n) is 8.22. The third kappa shape index (κ3) is 8.97. The number of anilines is 1. The van der Waals surface area contributed by atoms with Crippen LogP contribution < -0.4 is 20.8 Å². The minimum absolute atomic E-state index is 0.108. The number of benzene rings is 4. The highest BCUT2D eigenvalue weighted by atomic mass is 31.2. The molecule has 8 heteroatoms. The van der Waals surface area contributed by atoms with E-state index in [9.17, 15) is 9.59 Å². The monoisotopic (exact) mass is 795 g/mol. The molecule has 1 amide bonds. The number of Topliss-reactive ketones (excluding diaryl/α,β-unsaturated/α-hetero) is 1. The first-order valence-electron chi connectivity index (χ1n) is 20.6. The van der Waals surface area contributed by atoms with Crippen molar-refractivity contribution in [3.05, 3.63) is 136 Å². The maximum absolute atomic E-state index is 15.1. The number of ketones is 1. The van der Waals surface area contributed by atoms with Crippen LogP contribution in [0.15, 0.2) is 114 Å². The molecule has 7 nitrogen and oxygen atoms in total. The Morgan fingerprint density at radius 2 is 1.50 bits per heavy atom. The van der Waals surface area contributed by atoms with E-state index in [1.807, 2.05) is 34.9 Å². The van der Waals surface area contributed by atoms with Crippen LogP contribution >= 0.6 is 7.14 Å². The van der Waals surface area contributed by atoms with Gasteiger partial charge in [0.15, 0.2) is 11.5 Å². The number of rotatable bonds is 17. The summed E-state index contributed by atoms with van der Waals surface area (Å²) < 4.78 is 17.1. The number of fused-ring (bicyclic) bond motifs is 4. The quantitative estimate of drug-likeness (QED) is 0.0366. The van der Waals surface area contributed by atoms with Crippen LogP contribution in [0.2, 0.25) is 0 Å². The third-order valence-electron chi connectivity index (χ3n) is 11.6. The van der Waals surface area contributed by atoms with Crippen molar-refractivity contribution in [2.45, 2.75) is 65.3 Å². The molecule has 0 saturated carbocycles. The van der Waals surface area contributed by atoms with Crippen molar-refractivity contribution < 1.29 is 18.7 Å². The number of unbranched alkanes of at least 4 members (excludes halogenated alkanes) is 3. The Morgan fingerprint density at radius 3 is 2.19 bits per heavy atom. The molecule has 1 atom stereocenters. The van der Waals surface area contributed by atoms with Crippen molar-refractivity contribution >= 4 is 62.7 Å². The number of hydrogen-bond donors (Lipinski definition) is 2. The average Bonchev–Trinajstić information content (AvgIpc) is 3.20. The molecule has 4 aromatic carbocycles. The van der Waals surface area contributed by atoms with Crippen LogP contribution in [0.5, 0.6) is 0 Å². The van der Waals surface area contributed by atoms with Crippen molar-refractivity contribution in [1.29, 1.82) is 0 Å². The van der Waals surface area contributed by atoms with Gasteiger partial charge in [0, 0.05) is 67.6 Å². The molecule has 58 heavy (non-hydrogen) atoms. The smallest absolute Gasteiger partial charge is 0.246 e. The van der Waals surface area contributed by atoms with Gasteiger partial charge in [-0.1, -0.05) is 68.5 Å². The number of carbonyl (C=O) groups excluding carboxylic acids is 2. The van der Waals surface area contributed by atoms with Crippen LogP contribution in [-0.2, 0) is 27.1 Å². The van der Waals surface area contributed by atoms with Gasteiger partial charge in [-0.15, -0.1) is 0 Å². The molecule has 6 rings (SSSR count). The van der Waals surface area contributed by atoms with E-state index in [0.717, 1.165) is 89.4 Å². The summed E-state index contributed by atoms with van der Waals surface area (Å²) in [4.78, 5) is 26.3. The second-order valence-corrected chi connectivity index (χ2v) is 19.3. The van der Waals surface area contributed by atoms with E-state index in [1.165, 1.54) is 32.7 Å². The first kappa shape index (κ1) is 42.5. The number of aryl methyl sites for hydroxylation is 1. The zero-order valence-electron chi connectivity index (χ0n) is 35.6. The summed E-state index contributed by atoms with van der Waals surface area (Å²) in [6.45, 7) is 15.0. The Bertz CT molecular complexity index is 2500. The summed E-state index contributed by atoms with van der Waals surface area (Å²) in [6.07, 6.45) is 12.6. The highest BCUT2D eigenvalue weighted by Crippen LogP contribution is 2.60. The zero-order valence-corrected chi connectivity index (χ0v) is 36.5. The molecule has 0 fully saturated rings. The summed E-state index contributed by atoms with van der Waals surface area (Å²) in [6, 6.07) is 22.1. The average molecular weight is 796 g/mol. The number of carbonyl (C=O) groups is 2. The number of amides is 1. The van der Waals surface area contributed by atoms with E-state index >= 15 is 4.57 Å². The summed E-state index contributed by atoms with van der Waals surface area (Å²) >= 11 is 0. The molecule has 0 bridgehead atoms. The van der Waals surface area contributed by atoms with Crippen molar-refractivity contribution in [1.82, 2.24) is 10.6 Å². The molecule has 0 saturated heterocycles. The van der Waals surface area contributed by atoms with Crippen molar-refractivity contribution in [3.8, 4) is 0 Å². The predicted octanol–water partition coefficient (Wildman–Crippen LogP) is 9.47. The second kappa shape index (κ2) is 18.2. The Hall–Kier alpha value is -5.10. The normalized spacial score (nSPS) is 15.9. The molecule has 0 aromatic heterocycles. The van der Waals surface area contributed by atoms with E-state index in [1.54, 1.807) is 13.8 Å². The SMILES string of the molecule is C=C(C)C(=O)CCCCCCc1c2ccccc2c(CNCCCNC(=O)C(=C)C)c2ccc(C3=C4C=CC(=[N+](C)C)C=C4P(C)(=O)c4cc(N(C)C)ccc43)cc12. The fourth-order valence-corrected chi connectivity index (χ4v) is 10.5. The van der Waals surface area contributed by atoms with Crippen LogP contribution in [0.1, 0.15) is 74.6 Å². The van der Waals surface area contributed by atoms with E-state index in [4.69, 9.17) is 0 Å². The summed E-state index contributed by atoms with van der Waals surface area (Å²) in [5, 5.41) is 13.4. The summed E-state index contributed by atoms with van der Waals surface area (Å²) in [7, 11) is 5.15. The van der Waals surface area contributed by atoms with Gasteiger partial charge in [0.2, 0.25) is 5.91 Å². The summed E-state index contributed by atoms with van der Waals surface area (Å²) in [5.41, 5.74) is 10.0. The molecule has 1 aliphatic carbocycles. The molecule has 0 radical (unpaired) electrons. The Morgan fingerprint density at radius 1 is 0.793 bits per heavy atom. The van der Waals surface area contributed by atoms with E-state index < -0.39 is 7.14 Å². The number of hydrogen-bond acceptors (Lipinski definition) is 5. The Labute approximate surface area is 345 Å². The minimum atomic E-state index is -2.96. The lowest BCUT2D eigenvalue weighted by Gasteiger charge is -2.32. The van der Waals surface area contributed by atoms with E-state index in [-0.39, 0.29) is 11.7 Å². The lowest BCUT2D eigenvalue weighted by molar-refractivity contribution is -0.462. The molecule has 1 unspecified atom stereocenters. The molecule has 302 valence electrons. The summed E-state index contributed by atoms with van der Waals surface area (Å²) in [5.74, 6) is 0.0480. The van der Waals surface area contributed by atoms with Gasteiger partial charge in [0.25, 0.3) is 0 Å². The van der Waals surface area contributed by atoms with Crippen molar-refractivity contribution in [3.63, 3.8) is 0 Å². The van der Waals surface area contributed by atoms with Crippen LogP contribution in [0, 0.1) is 0 Å². The molecule has 0 spiro atoms. The minimum Gasteiger partial charge on any atom is -0.378 e. The molecule has 1 heterocycles. The standard InChI is InChI=1S/C50H59N4O3P/c1-33(2)46(55)20-13-11-10-12-17-39-38-18-14-15-19-40(38)45(32-51-27-16-28-52-50(56)34(3)4)41-24-21-35(29-44(39)41)49-42-25-22-36(53(5)6)30-47(42)58(9,57)48-31-37(54(7)8)23-26-43(48)49/h14-15,18-19,21-26,29-31,51H,1,3,10-13,16-17,20,27-28,32H2,2,4-9H3/p+1. The molecular weight excluding hydrogens is 736 g/mol. The fraction of sp³-hybridized carbons (Fsp3) is 0.340. The maximum atomic E-state index is 15.1. The van der Waals surface area contributed by atoms with Gasteiger partial charge < -0.3 is 20.1 Å². The maximum Gasteiger partial charge on any atom is 0.246 e. The number of nitrogens with zero attached hydrogens (tertiary/aromatic N) is 2. The highest BCUT2D eigenvalue weighted by Gasteiger charge is 2.38. The topological polar surface area (TPSA) is 81.5 Å². The number of allylic oxidation sites excluding steroid dienone is 6. The molecular formula is C50H60N4O3P+. The Kier molecular flexibility index (Phi) is 13.4. The van der Waals surface area contributed by atoms with E-state index in [2.05, 4.69) is 112 Å². The zero-order chi connectivity index (χ0) is 41.7. The van der Waals surface area contributed by atoms with Crippen LogP contribution in [0.25, 0.3) is 27.1 Å². The van der Waals surface area contributed by atoms with Crippen molar-refractivity contribution in [2.75, 3.05) is 52.8 Å². The second-order valence-electron chi connectivity index (χ2n) is 16.4. The van der Waals surface area contributed by atoms with Crippen LogP contribution in [-0.4, -0.2) is 69.9 Å². The van der Waals surface area contributed by atoms with Gasteiger partial charge >= 0.3 is 0 Å². The lowest BCUT2D eigenvalue weighted by atomic mass is 9.85. The van der Waals surface area contributed by atoms with Crippen LogP contribution in [0.4, 0.5) is 5.69 Å². The van der Waals surface area contributed by atoms with Gasteiger partial charge in [0.05, 0.1) is 0 Å². The predicted molar refractivity (Wildman–Crippen MR) is 247 cm³/mol. The van der Waals surface area contributed by atoms with Gasteiger partial charge in [-0.25, -0.2) is 4.58 Å². The molecule has 1 aliphatic heterocycles. The first-order valence-corrected chi connectivity index (χ1v) is 22.7. The first-order chi connectivity index (χ1) is 27.7. The van der Waals surface area contributed by atoms with E-state index in [0.29, 0.717) is 30.7 Å². The largest absolute Gasteiger partial charge is 0.378 e. The highest BCUT2D eigenvalue weighted by molar-refractivity contribution is 7.75. The lowest BCUT2D eigenvalue weighted by Crippen LogP contribution is -2.27. The Balaban J connectivity index is 1.47.